The number of aryl methyl sites for hydroxylation is 1. The average Bonchev–Trinajstić information content (AvgIpc) is 3.17. The van der Waals surface area contributed by atoms with Crippen LogP contribution in [0.2, 0.25) is 5.02 Å². The molecule has 2 aromatic heterocycles. The van der Waals surface area contributed by atoms with Crippen LogP contribution < -0.4 is 5.32 Å². The van der Waals surface area contributed by atoms with E-state index in [4.69, 9.17) is 16.6 Å². The first-order valence-corrected chi connectivity index (χ1v) is 11.0. The Kier molecular flexibility index (Phi) is 5.48. The number of hydrogen-bond donors (Lipinski definition) is 1. The second-order valence-corrected chi connectivity index (χ2v) is 8.83. The molecule has 0 saturated carbocycles. The molecule has 1 aliphatic rings. The number of nitrogens with one attached hydrogen (secondary N) is 1. The van der Waals surface area contributed by atoms with Crippen molar-refractivity contribution in [2.24, 2.45) is 0 Å². The maximum absolute atomic E-state index is 12.3. The van der Waals surface area contributed by atoms with Crippen LogP contribution in [0.5, 0.6) is 0 Å². The number of pyridine rings is 1. The Bertz CT molecular complexity index is 941. The largest absolute Gasteiger partial charge is 0.350 e. The van der Waals surface area contributed by atoms with Crippen LogP contribution in [0, 0.1) is 0 Å². The molecule has 3 nitrogen and oxygen atoms in total. The van der Waals surface area contributed by atoms with Gasteiger partial charge in [0.2, 0.25) is 5.91 Å². The average molecular weight is 403 g/mol. The van der Waals surface area contributed by atoms with E-state index in [1.54, 1.807) is 23.1 Å². The van der Waals surface area contributed by atoms with Crippen molar-refractivity contribution in [3.05, 3.63) is 56.9 Å². The van der Waals surface area contributed by atoms with Gasteiger partial charge in [0.05, 0.1) is 17.8 Å². The van der Waals surface area contributed by atoms with Gasteiger partial charge in [0.15, 0.2) is 0 Å². The number of thiophene rings is 1. The predicted molar refractivity (Wildman–Crippen MR) is 110 cm³/mol. The van der Waals surface area contributed by atoms with Crippen LogP contribution >= 0.6 is 34.7 Å². The number of amides is 1. The summed E-state index contributed by atoms with van der Waals surface area (Å²) in [4.78, 5) is 19.5. The van der Waals surface area contributed by atoms with Crippen LogP contribution in [-0.2, 0) is 24.2 Å². The van der Waals surface area contributed by atoms with Crippen LogP contribution in [-0.4, -0.2) is 16.6 Å². The van der Waals surface area contributed by atoms with Crippen molar-refractivity contribution in [2.45, 2.75) is 37.1 Å². The van der Waals surface area contributed by atoms with Crippen LogP contribution in [0.4, 0.5) is 0 Å². The monoisotopic (exact) mass is 402 g/mol. The normalized spacial score (nSPS) is 13.6. The third-order valence-corrected chi connectivity index (χ3v) is 6.83. The van der Waals surface area contributed by atoms with Crippen molar-refractivity contribution in [2.75, 3.05) is 5.75 Å². The second-order valence-electron chi connectivity index (χ2n) is 6.38. The molecule has 0 radical (unpaired) electrons. The molecule has 3 aromatic rings. The molecular formula is C20H19ClN2OS2. The molecule has 0 atom stereocenters. The molecule has 6 heteroatoms. The summed E-state index contributed by atoms with van der Waals surface area (Å²) in [6, 6.07) is 9.90. The number of hydrogen-bond acceptors (Lipinski definition) is 4. The summed E-state index contributed by atoms with van der Waals surface area (Å²) in [7, 11) is 0. The summed E-state index contributed by atoms with van der Waals surface area (Å²) < 4.78 is 0. The van der Waals surface area contributed by atoms with Crippen LogP contribution in [0.3, 0.4) is 0 Å². The lowest BCUT2D eigenvalue weighted by atomic mass is 9.94. The fourth-order valence-corrected chi connectivity index (χ4v) is 5.22. The summed E-state index contributed by atoms with van der Waals surface area (Å²) in [5, 5.41) is 6.83. The highest BCUT2D eigenvalue weighted by Gasteiger charge is 2.19. The zero-order valence-electron chi connectivity index (χ0n) is 14.3. The molecule has 26 heavy (non-hydrogen) atoms. The number of nitrogens with zero attached hydrogens (tertiary/aromatic N) is 1. The van der Waals surface area contributed by atoms with Crippen molar-refractivity contribution in [1.82, 2.24) is 10.3 Å². The van der Waals surface area contributed by atoms with E-state index in [-0.39, 0.29) is 5.91 Å². The molecule has 134 valence electrons. The molecule has 0 saturated heterocycles. The van der Waals surface area contributed by atoms with Gasteiger partial charge < -0.3 is 5.32 Å². The minimum atomic E-state index is 0.0619. The fourth-order valence-electron chi connectivity index (χ4n) is 3.31. The van der Waals surface area contributed by atoms with E-state index in [0.717, 1.165) is 23.7 Å². The number of aromatic nitrogens is 1. The van der Waals surface area contributed by atoms with Gasteiger partial charge in [-0.1, -0.05) is 23.7 Å². The molecule has 0 unspecified atom stereocenters. The lowest BCUT2D eigenvalue weighted by Gasteiger charge is -2.20. The van der Waals surface area contributed by atoms with Gasteiger partial charge >= 0.3 is 0 Å². The van der Waals surface area contributed by atoms with Gasteiger partial charge in [-0.15, -0.1) is 23.1 Å². The Labute approximate surface area is 166 Å². The molecule has 0 fully saturated rings. The SMILES string of the molecule is O=C(CSc1c2c(nc3cc(Cl)ccc13)CCCC2)NCc1cccs1. The van der Waals surface area contributed by atoms with Crippen LogP contribution in [0.1, 0.15) is 29.0 Å². The summed E-state index contributed by atoms with van der Waals surface area (Å²) in [6.07, 6.45) is 4.42. The van der Waals surface area contributed by atoms with Gasteiger partial charge in [0.25, 0.3) is 0 Å². The maximum atomic E-state index is 12.3. The Hall–Kier alpha value is -1.56. The number of carbonyl (C=O) groups excluding carboxylic acids is 1. The van der Waals surface area contributed by atoms with Gasteiger partial charge in [-0.2, -0.15) is 0 Å². The molecular weight excluding hydrogens is 384 g/mol. The number of rotatable bonds is 5. The van der Waals surface area contributed by atoms with Gasteiger partial charge in [0.1, 0.15) is 0 Å². The fraction of sp³-hybridized carbons (Fsp3) is 0.300. The Morgan fingerprint density at radius 3 is 3.00 bits per heavy atom. The number of benzene rings is 1. The number of fused-ring (bicyclic) bond motifs is 2. The van der Waals surface area contributed by atoms with E-state index in [9.17, 15) is 4.79 Å². The first-order chi connectivity index (χ1) is 12.7. The predicted octanol–water partition coefficient (Wildman–Crippen LogP) is 5.24. The molecule has 2 heterocycles. The lowest BCUT2D eigenvalue weighted by Crippen LogP contribution is -2.24. The Balaban J connectivity index is 1.55. The van der Waals surface area contributed by atoms with Gasteiger partial charge in [-0.3, -0.25) is 9.78 Å². The topological polar surface area (TPSA) is 42.0 Å². The molecule has 0 aliphatic heterocycles. The number of carbonyl (C=O) groups is 1. The van der Waals surface area contributed by atoms with E-state index < -0.39 is 0 Å². The van der Waals surface area contributed by atoms with Gasteiger partial charge in [-0.25, -0.2) is 0 Å². The van der Waals surface area contributed by atoms with Gasteiger partial charge in [0, 0.05) is 25.9 Å². The summed E-state index contributed by atoms with van der Waals surface area (Å²) in [5.41, 5.74) is 3.43. The van der Waals surface area contributed by atoms with E-state index >= 15 is 0 Å². The first kappa shape index (κ1) is 17.8. The lowest BCUT2D eigenvalue weighted by molar-refractivity contribution is -0.118. The maximum Gasteiger partial charge on any atom is 0.230 e. The van der Waals surface area contributed by atoms with Crippen LogP contribution in [0.15, 0.2) is 40.6 Å². The highest BCUT2D eigenvalue weighted by atomic mass is 35.5. The highest BCUT2D eigenvalue weighted by molar-refractivity contribution is 8.00. The molecule has 1 aliphatic carbocycles. The van der Waals surface area contributed by atoms with E-state index in [2.05, 4.69) is 5.32 Å². The van der Waals surface area contributed by atoms with Crippen molar-refractivity contribution in [3.8, 4) is 0 Å². The van der Waals surface area contributed by atoms with Crippen molar-refractivity contribution in [1.29, 1.82) is 0 Å². The molecule has 1 amide bonds. The number of thioether (sulfide) groups is 1. The Morgan fingerprint density at radius 2 is 2.15 bits per heavy atom. The van der Waals surface area contributed by atoms with E-state index in [1.807, 2.05) is 35.7 Å². The van der Waals surface area contributed by atoms with E-state index in [1.165, 1.54) is 33.9 Å². The summed E-state index contributed by atoms with van der Waals surface area (Å²) in [5.74, 6) is 0.478. The number of halogens is 1. The minimum Gasteiger partial charge on any atom is -0.350 e. The van der Waals surface area contributed by atoms with Gasteiger partial charge in [-0.05, 0) is 54.8 Å². The molecule has 0 spiro atoms. The third-order valence-electron chi connectivity index (χ3n) is 4.56. The molecule has 0 bridgehead atoms. The van der Waals surface area contributed by atoms with Crippen LogP contribution in [0.25, 0.3) is 10.9 Å². The smallest absolute Gasteiger partial charge is 0.230 e. The first-order valence-electron chi connectivity index (χ1n) is 8.73. The second kappa shape index (κ2) is 7.99. The molecule has 1 aromatic carbocycles. The Morgan fingerprint density at radius 1 is 1.27 bits per heavy atom. The zero-order chi connectivity index (χ0) is 17.9. The molecule has 1 N–H and O–H groups in total. The van der Waals surface area contributed by atoms with E-state index in [0.29, 0.717) is 17.3 Å². The minimum absolute atomic E-state index is 0.0619. The molecule has 4 rings (SSSR count). The third kappa shape index (κ3) is 3.90. The highest BCUT2D eigenvalue weighted by Crippen LogP contribution is 2.36. The van der Waals surface area contributed by atoms with Crippen molar-refractivity contribution >= 4 is 51.5 Å². The quantitative estimate of drug-likeness (QED) is 0.593. The summed E-state index contributed by atoms with van der Waals surface area (Å²) >= 11 is 9.44. The zero-order valence-corrected chi connectivity index (χ0v) is 16.6. The van der Waals surface area contributed by atoms with Crippen molar-refractivity contribution < 1.29 is 4.79 Å². The van der Waals surface area contributed by atoms with Crippen molar-refractivity contribution in [3.63, 3.8) is 0 Å². The summed E-state index contributed by atoms with van der Waals surface area (Å²) in [6.45, 7) is 0.599. The standard InChI is InChI=1S/C20H19ClN2OS2/c21-13-7-8-16-18(10-13)23-17-6-2-1-5-15(17)20(16)26-12-19(24)22-11-14-4-3-9-25-14/h3-4,7-10H,1-2,5-6,11-12H2,(H,22,24).